The highest BCUT2D eigenvalue weighted by Crippen LogP contribution is 2.34. The zero-order chi connectivity index (χ0) is 16.4. The molecule has 0 N–H and O–H groups in total. The van der Waals surface area contributed by atoms with Gasteiger partial charge in [0.25, 0.3) is 5.22 Å². The van der Waals surface area contributed by atoms with Crippen molar-refractivity contribution in [1.82, 2.24) is 20.3 Å². The van der Waals surface area contributed by atoms with Crippen LogP contribution in [0.3, 0.4) is 0 Å². The van der Waals surface area contributed by atoms with Gasteiger partial charge in [0, 0.05) is 12.0 Å². The Kier molecular flexibility index (Phi) is 4.47. The molecule has 0 saturated carbocycles. The van der Waals surface area contributed by atoms with Crippen LogP contribution in [0.5, 0.6) is 0 Å². The fourth-order valence-electron chi connectivity index (χ4n) is 2.25. The molecule has 120 valence electrons. The summed E-state index contributed by atoms with van der Waals surface area (Å²) in [6.07, 6.45) is 0.748. The predicted octanol–water partition coefficient (Wildman–Crippen LogP) is 4.15. The fraction of sp³-hybridized carbons (Fsp3) is 0.375. The average Bonchev–Trinajstić information content (AvgIpc) is 3.15. The van der Waals surface area contributed by atoms with Gasteiger partial charge in [0.05, 0.1) is 5.25 Å². The zero-order valence-corrected chi connectivity index (χ0v) is 14.3. The highest BCUT2D eigenvalue weighted by molar-refractivity contribution is 7.99. The molecule has 1 atom stereocenters. The Bertz CT molecular complexity index is 792. The van der Waals surface area contributed by atoms with Crippen molar-refractivity contribution in [2.24, 2.45) is 0 Å². The summed E-state index contributed by atoms with van der Waals surface area (Å²) in [6.45, 7) is 8.05. The van der Waals surface area contributed by atoms with Gasteiger partial charge in [-0.3, -0.25) is 0 Å². The second-order valence-corrected chi connectivity index (χ2v) is 6.70. The number of rotatable bonds is 5. The lowest BCUT2D eigenvalue weighted by molar-refractivity contribution is 0.374. The van der Waals surface area contributed by atoms with Gasteiger partial charge in [-0.05, 0) is 32.9 Å². The molecule has 0 radical (unpaired) electrons. The molecule has 2 heterocycles. The minimum absolute atomic E-state index is 0.0460. The van der Waals surface area contributed by atoms with Gasteiger partial charge in [-0.1, -0.05) is 41.0 Å². The molecule has 0 bridgehead atoms. The van der Waals surface area contributed by atoms with Crippen LogP contribution in [0.1, 0.15) is 41.9 Å². The first-order valence-corrected chi connectivity index (χ1v) is 8.34. The average molecular weight is 330 g/mol. The van der Waals surface area contributed by atoms with Gasteiger partial charge in [0.1, 0.15) is 0 Å². The third-order valence-electron chi connectivity index (χ3n) is 3.30. The quantitative estimate of drug-likeness (QED) is 0.650. The molecular formula is C16H18N4O2S. The van der Waals surface area contributed by atoms with E-state index >= 15 is 0 Å². The summed E-state index contributed by atoms with van der Waals surface area (Å²) in [5.74, 6) is 1.79. The van der Waals surface area contributed by atoms with Gasteiger partial charge in [0.15, 0.2) is 5.82 Å². The van der Waals surface area contributed by atoms with Crippen molar-refractivity contribution in [2.75, 3.05) is 0 Å². The molecule has 2 aromatic heterocycles. The minimum atomic E-state index is -0.0460. The van der Waals surface area contributed by atoms with Gasteiger partial charge in [-0.2, -0.15) is 4.98 Å². The summed E-state index contributed by atoms with van der Waals surface area (Å²) >= 11 is 1.41. The highest BCUT2D eigenvalue weighted by atomic mass is 32.2. The normalized spacial score (nSPS) is 12.5. The summed E-state index contributed by atoms with van der Waals surface area (Å²) in [7, 11) is 0. The van der Waals surface area contributed by atoms with Crippen LogP contribution in [0, 0.1) is 13.8 Å². The van der Waals surface area contributed by atoms with Crippen LogP contribution in [-0.2, 0) is 6.42 Å². The number of hydrogen-bond donors (Lipinski definition) is 0. The number of aryl methyl sites for hydroxylation is 3. The van der Waals surface area contributed by atoms with E-state index in [4.69, 9.17) is 8.94 Å². The monoisotopic (exact) mass is 330 g/mol. The van der Waals surface area contributed by atoms with Crippen LogP contribution < -0.4 is 0 Å². The Morgan fingerprint density at radius 3 is 2.52 bits per heavy atom. The van der Waals surface area contributed by atoms with E-state index in [2.05, 4.69) is 26.4 Å². The molecule has 3 rings (SSSR count). The maximum atomic E-state index is 5.76. The van der Waals surface area contributed by atoms with E-state index < -0.39 is 0 Å². The van der Waals surface area contributed by atoms with E-state index in [0.29, 0.717) is 22.8 Å². The van der Waals surface area contributed by atoms with Crippen molar-refractivity contribution in [3.8, 4) is 11.5 Å². The standard InChI is InChI=1S/C16H18N4O2S/c1-5-13-17-14(22-20-13)11(4)23-16-19-18-15(21-16)12-7-9(2)6-10(3)8-12/h6-8,11H,5H2,1-4H3. The predicted molar refractivity (Wildman–Crippen MR) is 87.2 cm³/mol. The Morgan fingerprint density at radius 1 is 1.13 bits per heavy atom. The summed E-state index contributed by atoms with van der Waals surface area (Å²) in [5.41, 5.74) is 3.26. The molecule has 23 heavy (non-hydrogen) atoms. The van der Waals surface area contributed by atoms with E-state index in [9.17, 15) is 0 Å². The largest absolute Gasteiger partial charge is 0.411 e. The SMILES string of the molecule is CCc1noc(C(C)Sc2nnc(-c3cc(C)cc(C)c3)o2)n1. The van der Waals surface area contributed by atoms with E-state index in [1.807, 2.05) is 39.8 Å². The Hall–Kier alpha value is -2.15. The first-order chi connectivity index (χ1) is 11.0. The summed E-state index contributed by atoms with van der Waals surface area (Å²) < 4.78 is 11.0. The lowest BCUT2D eigenvalue weighted by Crippen LogP contribution is -1.90. The molecule has 3 aromatic rings. The lowest BCUT2D eigenvalue weighted by Gasteiger charge is -2.01. The Labute approximate surface area is 138 Å². The van der Waals surface area contributed by atoms with Crippen molar-refractivity contribution >= 4 is 11.8 Å². The highest BCUT2D eigenvalue weighted by Gasteiger charge is 2.19. The number of benzene rings is 1. The van der Waals surface area contributed by atoms with Crippen LogP contribution >= 0.6 is 11.8 Å². The van der Waals surface area contributed by atoms with Gasteiger partial charge < -0.3 is 8.94 Å². The minimum Gasteiger partial charge on any atom is -0.411 e. The van der Waals surface area contributed by atoms with E-state index in [1.54, 1.807) is 0 Å². The molecule has 0 amide bonds. The maximum absolute atomic E-state index is 5.76. The van der Waals surface area contributed by atoms with Crippen molar-refractivity contribution < 1.29 is 8.94 Å². The molecule has 0 spiro atoms. The summed E-state index contributed by atoms with van der Waals surface area (Å²) in [5, 5.41) is 12.6. The van der Waals surface area contributed by atoms with Crippen molar-refractivity contribution in [3.05, 3.63) is 41.0 Å². The van der Waals surface area contributed by atoms with E-state index in [1.165, 1.54) is 22.9 Å². The topological polar surface area (TPSA) is 77.8 Å². The first-order valence-electron chi connectivity index (χ1n) is 7.46. The molecule has 0 fully saturated rings. The smallest absolute Gasteiger partial charge is 0.277 e. The molecule has 7 heteroatoms. The van der Waals surface area contributed by atoms with Crippen LogP contribution in [0.15, 0.2) is 32.4 Å². The van der Waals surface area contributed by atoms with E-state index in [0.717, 1.165) is 12.0 Å². The van der Waals surface area contributed by atoms with Crippen LogP contribution in [0.4, 0.5) is 0 Å². The molecule has 0 aliphatic rings. The first kappa shape index (κ1) is 15.7. The molecule has 0 aliphatic carbocycles. The Balaban J connectivity index is 1.76. The molecular weight excluding hydrogens is 312 g/mol. The second-order valence-electron chi connectivity index (χ2n) is 5.41. The van der Waals surface area contributed by atoms with E-state index in [-0.39, 0.29) is 5.25 Å². The zero-order valence-electron chi connectivity index (χ0n) is 13.5. The molecule has 0 saturated heterocycles. The van der Waals surface area contributed by atoms with Crippen molar-refractivity contribution in [1.29, 1.82) is 0 Å². The second kappa shape index (κ2) is 6.54. The number of aromatic nitrogens is 4. The molecule has 1 unspecified atom stereocenters. The fourth-order valence-corrected chi connectivity index (χ4v) is 2.96. The molecule has 6 nitrogen and oxygen atoms in total. The third-order valence-corrected chi connectivity index (χ3v) is 4.22. The molecule has 0 aliphatic heterocycles. The number of thioether (sulfide) groups is 1. The van der Waals surface area contributed by atoms with Crippen molar-refractivity contribution in [3.63, 3.8) is 0 Å². The van der Waals surface area contributed by atoms with Gasteiger partial charge >= 0.3 is 0 Å². The lowest BCUT2D eigenvalue weighted by atomic mass is 10.1. The van der Waals surface area contributed by atoms with Gasteiger partial charge in [-0.25, -0.2) is 0 Å². The van der Waals surface area contributed by atoms with Crippen LogP contribution in [-0.4, -0.2) is 20.3 Å². The van der Waals surface area contributed by atoms with Gasteiger partial charge in [-0.15, -0.1) is 10.2 Å². The van der Waals surface area contributed by atoms with Crippen LogP contribution in [0.2, 0.25) is 0 Å². The molecule has 1 aromatic carbocycles. The summed E-state index contributed by atoms with van der Waals surface area (Å²) in [6, 6.07) is 6.17. The number of nitrogens with zero attached hydrogens (tertiary/aromatic N) is 4. The maximum Gasteiger partial charge on any atom is 0.277 e. The number of hydrogen-bond acceptors (Lipinski definition) is 7. The summed E-state index contributed by atoms with van der Waals surface area (Å²) in [4.78, 5) is 4.32. The van der Waals surface area contributed by atoms with Crippen molar-refractivity contribution in [2.45, 2.75) is 44.6 Å². The van der Waals surface area contributed by atoms with Crippen LogP contribution in [0.25, 0.3) is 11.5 Å². The Morgan fingerprint density at radius 2 is 1.87 bits per heavy atom. The van der Waals surface area contributed by atoms with Gasteiger partial charge in [0.2, 0.25) is 11.8 Å². The third kappa shape index (κ3) is 3.61.